The molecule has 1 N–H and O–H groups in total. The summed E-state index contributed by atoms with van der Waals surface area (Å²) in [5.41, 5.74) is 2.70. The third kappa shape index (κ3) is 7.19. The summed E-state index contributed by atoms with van der Waals surface area (Å²) in [7, 11) is 1.84. The zero-order valence-corrected chi connectivity index (χ0v) is 17.8. The fourth-order valence-electron chi connectivity index (χ4n) is 3.24. The van der Waals surface area contributed by atoms with E-state index in [0.29, 0.717) is 11.7 Å². The highest BCUT2D eigenvalue weighted by Crippen LogP contribution is 2.22. The first kappa shape index (κ1) is 22.3. The number of nitrogens with zero attached hydrogens (tertiary/aromatic N) is 1. The first-order chi connectivity index (χ1) is 13.4. The van der Waals surface area contributed by atoms with Crippen molar-refractivity contribution in [3.05, 3.63) is 29.3 Å². The Hall–Kier alpha value is -2.02. The molecule has 1 aliphatic rings. The van der Waals surface area contributed by atoms with Crippen LogP contribution in [0.3, 0.4) is 0 Å². The third-order valence-electron chi connectivity index (χ3n) is 4.99. The molecule has 28 heavy (non-hydrogen) atoms. The van der Waals surface area contributed by atoms with Gasteiger partial charge in [-0.15, -0.1) is 11.8 Å². The first-order valence-electron chi connectivity index (χ1n) is 9.73. The molecule has 0 spiro atoms. The lowest BCUT2D eigenvalue weighted by molar-refractivity contribution is -0.144. The summed E-state index contributed by atoms with van der Waals surface area (Å²) in [5.74, 6) is -0.524. The van der Waals surface area contributed by atoms with Crippen LogP contribution in [-0.4, -0.2) is 53.9 Å². The van der Waals surface area contributed by atoms with Crippen LogP contribution in [0.15, 0.2) is 18.2 Å². The minimum absolute atomic E-state index is 0.0392. The number of nitrogens with one attached hydrogen (secondary N) is 1. The number of hydrogen-bond donors (Lipinski definition) is 1. The van der Waals surface area contributed by atoms with E-state index in [1.165, 1.54) is 31.0 Å². The number of thioether (sulfide) groups is 1. The van der Waals surface area contributed by atoms with E-state index in [9.17, 15) is 14.4 Å². The van der Waals surface area contributed by atoms with Gasteiger partial charge in [0.25, 0.3) is 5.91 Å². The van der Waals surface area contributed by atoms with E-state index in [0.717, 1.165) is 24.0 Å². The molecule has 1 fully saturated rings. The zero-order chi connectivity index (χ0) is 20.5. The summed E-state index contributed by atoms with van der Waals surface area (Å²) >= 11 is 1.22. The van der Waals surface area contributed by atoms with Crippen LogP contribution in [0.4, 0.5) is 5.69 Å². The first-order valence-corrected chi connectivity index (χ1v) is 10.9. The molecule has 0 aliphatic heterocycles. The quantitative estimate of drug-likeness (QED) is 0.671. The number of aryl methyl sites for hydroxylation is 2. The van der Waals surface area contributed by atoms with Crippen LogP contribution in [0.2, 0.25) is 0 Å². The molecule has 154 valence electrons. The highest BCUT2D eigenvalue weighted by Gasteiger charge is 2.22. The van der Waals surface area contributed by atoms with Crippen molar-refractivity contribution >= 4 is 35.2 Å². The van der Waals surface area contributed by atoms with Gasteiger partial charge in [-0.05, 0) is 43.9 Å². The minimum atomic E-state index is -0.491. The van der Waals surface area contributed by atoms with Crippen molar-refractivity contribution in [3.63, 3.8) is 0 Å². The van der Waals surface area contributed by atoms with Gasteiger partial charge < -0.3 is 15.0 Å². The summed E-state index contributed by atoms with van der Waals surface area (Å²) in [4.78, 5) is 37.9. The minimum Gasteiger partial charge on any atom is -0.455 e. The number of ether oxygens (including phenoxy) is 1. The lowest BCUT2D eigenvalue weighted by atomic mass is 9.94. The van der Waals surface area contributed by atoms with Gasteiger partial charge in [0.2, 0.25) is 5.91 Å². The van der Waals surface area contributed by atoms with E-state index in [2.05, 4.69) is 5.32 Å². The monoisotopic (exact) mass is 406 g/mol. The average Bonchev–Trinajstić information content (AvgIpc) is 2.69. The van der Waals surface area contributed by atoms with Crippen LogP contribution in [0.5, 0.6) is 0 Å². The Kier molecular flexibility index (Phi) is 8.83. The summed E-state index contributed by atoms with van der Waals surface area (Å²) in [6.45, 7) is 3.51. The fourth-order valence-corrected chi connectivity index (χ4v) is 3.97. The van der Waals surface area contributed by atoms with Crippen LogP contribution >= 0.6 is 11.8 Å². The largest absolute Gasteiger partial charge is 0.455 e. The second-order valence-electron chi connectivity index (χ2n) is 7.32. The second kappa shape index (κ2) is 11.1. The summed E-state index contributed by atoms with van der Waals surface area (Å²) < 4.78 is 5.01. The van der Waals surface area contributed by atoms with Crippen molar-refractivity contribution < 1.29 is 19.1 Å². The second-order valence-corrected chi connectivity index (χ2v) is 8.30. The molecule has 6 nitrogen and oxygen atoms in total. The van der Waals surface area contributed by atoms with Crippen LogP contribution in [-0.2, 0) is 19.1 Å². The van der Waals surface area contributed by atoms with Gasteiger partial charge in [-0.1, -0.05) is 31.4 Å². The molecule has 0 heterocycles. The Labute approximate surface area is 171 Å². The van der Waals surface area contributed by atoms with Crippen molar-refractivity contribution in [1.82, 2.24) is 4.90 Å². The van der Waals surface area contributed by atoms with Gasteiger partial charge in [-0.3, -0.25) is 14.4 Å². The van der Waals surface area contributed by atoms with Gasteiger partial charge in [0.15, 0.2) is 6.61 Å². The maximum Gasteiger partial charge on any atom is 0.316 e. The smallest absolute Gasteiger partial charge is 0.316 e. The maximum absolute atomic E-state index is 12.2. The van der Waals surface area contributed by atoms with Crippen LogP contribution in [0.1, 0.15) is 43.2 Å². The van der Waals surface area contributed by atoms with Crippen molar-refractivity contribution in [2.75, 3.05) is 30.5 Å². The standard InChI is InChI=1S/C21H30N2O4S/c1-15-9-10-16(2)18(11-15)22-19(24)12-27-21(26)14-28-13-20(25)23(3)17-7-5-4-6-8-17/h9-11,17H,4-8,12-14H2,1-3H3,(H,22,24). The fraction of sp³-hybridized carbons (Fsp3) is 0.571. The van der Waals surface area contributed by atoms with Gasteiger partial charge in [0.1, 0.15) is 0 Å². The van der Waals surface area contributed by atoms with E-state index in [1.54, 1.807) is 0 Å². The van der Waals surface area contributed by atoms with Gasteiger partial charge in [0, 0.05) is 18.8 Å². The molecule has 2 amide bonds. The maximum atomic E-state index is 12.2. The van der Waals surface area contributed by atoms with Crippen molar-refractivity contribution in [3.8, 4) is 0 Å². The predicted molar refractivity (Wildman–Crippen MR) is 112 cm³/mol. The van der Waals surface area contributed by atoms with Crippen molar-refractivity contribution in [2.24, 2.45) is 0 Å². The summed E-state index contributed by atoms with van der Waals surface area (Å²) in [6, 6.07) is 6.09. The Balaban J connectivity index is 1.64. The van der Waals surface area contributed by atoms with E-state index in [1.807, 2.05) is 44.0 Å². The molecule has 0 unspecified atom stereocenters. The SMILES string of the molecule is Cc1ccc(C)c(NC(=O)COC(=O)CSCC(=O)N(C)C2CCCCC2)c1. The van der Waals surface area contributed by atoms with Gasteiger partial charge in [-0.25, -0.2) is 0 Å². The molecule has 0 radical (unpaired) electrons. The average molecular weight is 407 g/mol. The molecule has 1 aliphatic carbocycles. The van der Waals surface area contributed by atoms with Gasteiger partial charge >= 0.3 is 5.97 Å². The van der Waals surface area contributed by atoms with E-state index in [-0.39, 0.29) is 29.9 Å². The topological polar surface area (TPSA) is 75.7 Å². The summed E-state index contributed by atoms with van der Waals surface area (Å²) in [5, 5.41) is 2.75. The number of carbonyl (C=O) groups excluding carboxylic acids is 3. The third-order valence-corrected chi connectivity index (χ3v) is 5.88. The molecule has 1 saturated carbocycles. The number of anilines is 1. The lowest BCUT2D eigenvalue weighted by Crippen LogP contribution is -2.39. The molecular formula is C21H30N2O4S. The number of esters is 1. The molecule has 1 aromatic carbocycles. The number of hydrogen-bond acceptors (Lipinski definition) is 5. The van der Waals surface area contributed by atoms with Gasteiger partial charge in [-0.2, -0.15) is 0 Å². The molecule has 0 aromatic heterocycles. The molecular weight excluding hydrogens is 376 g/mol. The Morgan fingerprint density at radius 2 is 1.86 bits per heavy atom. The highest BCUT2D eigenvalue weighted by molar-refractivity contribution is 8.00. The molecule has 0 saturated heterocycles. The molecule has 1 aromatic rings. The normalized spacial score (nSPS) is 14.4. The van der Waals surface area contributed by atoms with E-state index in [4.69, 9.17) is 4.74 Å². The highest BCUT2D eigenvalue weighted by atomic mass is 32.2. The Morgan fingerprint density at radius 3 is 2.57 bits per heavy atom. The summed E-state index contributed by atoms with van der Waals surface area (Å²) in [6.07, 6.45) is 5.71. The predicted octanol–water partition coefficient (Wildman–Crippen LogP) is 3.31. The van der Waals surface area contributed by atoms with E-state index < -0.39 is 5.97 Å². The molecule has 0 bridgehead atoms. The molecule has 7 heteroatoms. The molecule has 2 rings (SSSR count). The van der Waals surface area contributed by atoms with Crippen LogP contribution < -0.4 is 5.32 Å². The van der Waals surface area contributed by atoms with Crippen LogP contribution in [0, 0.1) is 13.8 Å². The van der Waals surface area contributed by atoms with E-state index >= 15 is 0 Å². The molecule has 0 atom stereocenters. The number of carbonyl (C=O) groups is 3. The Bertz CT molecular complexity index is 702. The van der Waals surface area contributed by atoms with Gasteiger partial charge in [0.05, 0.1) is 11.5 Å². The van der Waals surface area contributed by atoms with Crippen LogP contribution in [0.25, 0.3) is 0 Å². The van der Waals surface area contributed by atoms with Crippen molar-refractivity contribution in [2.45, 2.75) is 52.0 Å². The lowest BCUT2D eigenvalue weighted by Gasteiger charge is -2.31. The Morgan fingerprint density at radius 1 is 1.14 bits per heavy atom. The zero-order valence-electron chi connectivity index (χ0n) is 17.0. The number of rotatable bonds is 8. The number of benzene rings is 1. The van der Waals surface area contributed by atoms with Crippen molar-refractivity contribution in [1.29, 1.82) is 0 Å². The number of amides is 2.